The van der Waals surface area contributed by atoms with Gasteiger partial charge in [-0.2, -0.15) is 0 Å². The molecule has 0 aliphatic heterocycles. The van der Waals surface area contributed by atoms with Crippen LogP contribution in [0, 0.1) is 24.0 Å². The lowest BCUT2D eigenvalue weighted by molar-refractivity contribution is -0.885. The van der Waals surface area contributed by atoms with E-state index >= 15 is 0 Å². The van der Waals surface area contributed by atoms with E-state index in [0.717, 1.165) is 17.0 Å². The fourth-order valence-corrected chi connectivity index (χ4v) is 2.70. The number of methoxy groups -OCH3 is 1. The highest BCUT2D eigenvalue weighted by Gasteiger charge is 2.19. The summed E-state index contributed by atoms with van der Waals surface area (Å²) in [4.78, 5) is 23.9. The first kappa shape index (κ1) is 19.4. The topological polar surface area (TPSA) is 85.9 Å². The molecule has 0 saturated carbocycles. The largest absolute Gasteiger partial charge is 0.490 e. The predicted octanol–water partition coefficient (Wildman–Crippen LogP) is 1.87. The average molecular weight is 358 g/mol. The maximum absolute atomic E-state index is 12.3. The van der Waals surface area contributed by atoms with Gasteiger partial charge in [0, 0.05) is 23.4 Å². The van der Waals surface area contributed by atoms with Gasteiger partial charge in [-0.15, -0.1) is 0 Å². The molecular formula is C19H24N3O4+. The highest BCUT2D eigenvalue weighted by Crippen LogP contribution is 2.32. The van der Waals surface area contributed by atoms with Gasteiger partial charge in [-0.05, 0) is 19.4 Å². The molecule has 0 aromatic heterocycles. The van der Waals surface area contributed by atoms with Crippen molar-refractivity contribution in [2.75, 3.05) is 26.0 Å². The van der Waals surface area contributed by atoms with E-state index < -0.39 is 4.92 Å². The molecule has 2 N–H and O–H groups in total. The lowest BCUT2D eigenvalue weighted by Gasteiger charge is -2.15. The van der Waals surface area contributed by atoms with Crippen LogP contribution in [0.2, 0.25) is 0 Å². The van der Waals surface area contributed by atoms with E-state index in [1.54, 1.807) is 6.92 Å². The Bertz CT molecular complexity index is 803. The van der Waals surface area contributed by atoms with Gasteiger partial charge >= 0.3 is 5.69 Å². The standard InChI is InChI=1S/C19H23N3O4/c1-13-5-7-15(8-6-13)11-21(3)12-19(23)20-16-10-18(26-4)17(22(24)25)9-14(16)2/h5-10H,11-12H2,1-4H3,(H,20,23)/p+1. The zero-order chi connectivity index (χ0) is 19.3. The first-order valence-electron chi connectivity index (χ1n) is 8.30. The molecule has 26 heavy (non-hydrogen) atoms. The molecule has 0 radical (unpaired) electrons. The minimum absolute atomic E-state index is 0.120. The molecule has 0 saturated heterocycles. The molecule has 2 aromatic carbocycles. The highest BCUT2D eigenvalue weighted by atomic mass is 16.6. The third kappa shape index (κ3) is 5.03. The van der Waals surface area contributed by atoms with Gasteiger partial charge < -0.3 is 15.0 Å². The summed E-state index contributed by atoms with van der Waals surface area (Å²) in [6, 6.07) is 11.1. The number of likely N-dealkylation sites (N-methyl/N-ethyl adjacent to an activating group) is 1. The highest BCUT2D eigenvalue weighted by molar-refractivity contribution is 5.92. The minimum Gasteiger partial charge on any atom is -0.490 e. The Morgan fingerprint density at radius 2 is 1.88 bits per heavy atom. The van der Waals surface area contributed by atoms with Gasteiger partial charge in [0.1, 0.15) is 6.54 Å². The van der Waals surface area contributed by atoms with Gasteiger partial charge in [0.25, 0.3) is 5.91 Å². The number of nitro groups is 1. The van der Waals surface area contributed by atoms with Gasteiger partial charge in [0.2, 0.25) is 0 Å². The summed E-state index contributed by atoms with van der Waals surface area (Å²) in [5.41, 5.74) is 3.37. The molecule has 0 heterocycles. The van der Waals surface area contributed by atoms with E-state index in [-0.39, 0.29) is 23.9 Å². The second-order valence-electron chi connectivity index (χ2n) is 6.44. The number of hydrogen-bond acceptors (Lipinski definition) is 4. The molecule has 1 unspecified atom stereocenters. The van der Waals surface area contributed by atoms with E-state index in [2.05, 4.69) is 29.6 Å². The number of nitrogens with one attached hydrogen (secondary N) is 2. The van der Waals surface area contributed by atoms with Crippen molar-refractivity contribution in [1.82, 2.24) is 0 Å². The third-order valence-corrected chi connectivity index (χ3v) is 4.09. The Morgan fingerprint density at radius 3 is 2.46 bits per heavy atom. The molecule has 0 aliphatic rings. The first-order valence-corrected chi connectivity index (χ1v) is 8.30. The van der Waals surface area contributed by atoms with Crippen molar-refractivity contribution >= 4 is 17.3 Å². The molecular weight excluding hydrogens is 334 g/mol. The Kier molecular flexibility index (Phi) is 6.30. The second-order valence-corrected chi connectivity index (χ2v) is 6.44. The lowest BCUT2D eigenvalue weighted by atomic mass is 10.1. The maximum atomic E-state index is 12.3. The van der Waals surface area contributed by atoms with E-state index in [9.17, 15) is 14.9 Å². The SMILES string of the molecule is COc1cc(NC(=O)C[NH+](C)Cc2ccc(C)cc2)c(C)cc1[N+](=O)[O-]. The van der Waals surface area contributed by atoms with Gasteiger partial charge in [-0.25, -0.2) is 0 Å². The van der Waals surface area contributed by atoms with E-state index in [1.165, 1.54) is 24.8 Å². The Hall–Kier alpha value is -2.93. The van der Waals surface area contributed by atoms with Crippen molar-refractivity contribution in [2.45, 2.75) is 20.4 Å². The molecule has 138 valence electrons. The summed E-state index contributed by atoms with van der Waals surface area (Å²) in [5.74, 6) is -0.0372. The normalized spacial score (nSPS) is 11.7. The van der Waals surface area contributed by atoms with Gasteiger partial charge in [0.15, 0.2) is 12.3 Å². The van der Waals surface area contributed by atoms with E-state index in [0.29, 0.717) is 11.3 Å². The second kappa shape index (κ2) is 8.44. The van der Waals surface area contributed by atoms with Crippen molar-refractivity contribution in [1.29, 1.82) is 0 Å². The summed E-state index contributed by atoms with van der Waals surface area (Å²) in [6.07, 6.45) is 0. The van der Waals surface area contributed by atoms with Crippen molar-refractivity contribution in [3.8, 4) is 5.75 Å². The number of anilines is 1. The number of nitrogens with zero attached hydrogens (tertiary/aromatic N) is 1. The Morgan fingerprint density at radius 1 is 1.23 bits per heavy atom. The summed E-state index contributed by atoms with van der Waals surface area (Å²) >= 11 is 0. The third-order valence-electron chi connectivity index (χ3n) is 4.09. The van der Waals surface area contributed by atoms with Crippen molar-refractivity contribution in [2.24, 2.45) is 0 Å². The van der Waals surface area contributed by atoms with E-state index in [4.69, 9.17) is 4.74 Å². The molecule has 0 fully saturated rings. The predicted molar refractivity (Wildman–Crippen MR) is 99.7 cm³/mol. The average Bonchev–Trinajstić information content (AvgIpc) is 2.58. The Balaban J connectivity index is 2.02. The van der Waals surface area contributed by atoms with Crippen LogP contribution in [0.1, 0.15) is 16.7 Å². The van der Waals surface area contributed by atoms with Crippen LogP contribution in [-0.2, 0) is 11.3 Å². The summed E-state index contributed by atoms with van der Waals surface area (Å²) in [5, 5.41) is 13.9. The molecule has 0 spiro atoms. The number of rotatable bonds is 7. The number of ether oxygens (including phenoxy) is 1. The maximum Gasteiger partial charge on any atom is 0.311 e. The van der Waals surface area contributed by atoms with Crippen molar-refractivity contribution in [3.05, 3.63) is 63.2 Å². The monoisotopic (exact) mass is 358 g/mol. The number of benzene rings is 2. The number of carbonyl (C=O) groups is 1. The van der Waals surface area contributed by atoms with Crippen LogP contribution in [0.3, 0.4) is 0 Å². The molecule has 2 rings (SSSR count). The van der Waals surface area contributed by atoms with Crippen molar-refractivity contribution < 1.29 is 19.4 Å². The molecule has 7 nitrogen and oxygen atoms in total. The molecule has 1 atom stereocenters. The van der Waals surface area contributed by atoms with Crippen LogP contribution in [0.15, 0.2) is 36.4 Å². The summed E-state index contributed by atoms with van der Waals surface area (Å²) in [7, 11) is 3.31. The number of aryl methyl sites for hydroxylation is 2. The summed E-state index contributed by atoms with van der Waals surface area (Å²) in [6.45, 7) is 4.77. The van der Waals surface area contributed by atoms with Crippen LogP contribution in [-0.4, -0.2) is 31.5 Å². The van der Waals surface area contributed by atoms with Crippen LogP contribution in [0.4, 0.5) is 11.4 Å². The van der Waals surface area contributed by atoms with Crippen molar-refractivity contribution in [3.63, 3.8) is 0 Å². The molecule has 2 aromatic rings. The lowest BCUT2D eigenvalue weighted by Crippen LogP contribution is -3.08. The van der Waals surface area contributed by atoms with Crippen LogP contribution in [0.25, 0.3) is 0 Å². The van der Waals surface area contributed by atoms with E-state index in [1.807, 2.05) is 14.0 Å². The number of carbonyl (C=O) groups excluding carboxylic acids is 1. The molecule has 0 aliphatic carbocycles. The van der Waals surface area contributed by atoms with Gasteiger partial charge in [-0.3, -0.25) is 14.9 Å². The zero-order valence-electron chi connectivity index (χ0n) is 15.5. The van der Waals surface area contributed by atoms with Crippen LogP contribution >= 0.6 is 0 Å². The van der Waals surface area contributed by atoms with Crippen LogP contribution in [0.5, 0.6) is 5.75 Å². The zero-order valence-corrected chi connectivity index (χ0v) is 15.5. The smallest absolute Gasteiger partial charge is 0.311 e. The minimum atomic E-state index is -0.503. The fourth-order valence-electron chi connectivity index (χ4n) is 2.70. The van der Waals surface area contributed by atoms with Gasteiger partial charge in [0.05, 0.1) is 19.1 Å². The van der Waals surface area contributed by atoms with Gasteiger partial charge in [-0.1, -0.05) is 29.8 Å². The molecule has 1 amide bonds. The Labute approximate surface area is 152 Å². The van der Waals surface area contributed by atoms with Crippen LogP contribution < -0.4 is 15.0 Å². The first-order chi connectivity index (χ1) is 12.3. The molecule has 0 bridgehead atoms. The number of amides is 1. The quantitative estimate of drug-likeness (QED) is 0.584. The molecule has 7 heteroatoms. The number of hydrogen-bond donors (Lipinski definition) is 2. The number of quaternary nitrogens is 1. The fraction of sp³-hybridized carbons (Fsp3) is 0.316. The summed E-state index contributed by atoms with van der Waals surface area (Å²) < 4.78 is 5.06. The number of nitro benzene ring substituents is 1.